The first-order valence-corrected chi connectivity index (χ1v) is 13.6. The van der Waals surface area contributed by atoms with Gasteiger partial charge < -0.3 is 34.8 Å². The number of likely N-dealkylation sites (tertiary alicyclic amines) is 1. The van der Waals surface area contributed by atoms with Crippen LogP contribution < -0.4 is 5.32 Å². The van der Waals surface area contributed by atoms with Gasteiger partial charge in [0.15, 0.2) is 0 Å². The summed E-state index contributed by atoms with van der Waals surface area (Å²) in [6.45, 7) is 3.15. The third kappa shape index (κ3) is 6.21. The minimum Gasteiger partial charge on any atom is -0.388 e. The second-order valence-corrected chi connectivity index (χ2v) is 11.2. The largest absolute Gasteiger partial charge is 0.388 e. The molecule has 13 heteroatoms. The van der Waals surface area contributed by atoms with Crippen molar-refractivity contribution >= 4 is 29.3 Å². The normalized spacial score (nSPS) is 34.3. The molecule has 0 radical (unpaired) electrons. The fourth-order valence-electron chi connectivity index (χ4n) is 5.96. The van der Waals surface area contributed by atoms with Crippen molar-refractivity contribution < 1.29 is 38.5 Å². The van der Waals surface area contributed by atoms with Crippen molar-refractivity contribution in [2.75, 3.05) is 39.3 Å². The number of carbonyl (C=O) groups is 3. The van der Waals surface area contributed by atoms with Crippen LogP contribution in [0.1, 0.15) is 25.3 Å². The molecule has 0 aromatic heterocycles. The highest BCUT2D eigenvalue weighted by atomic mass is 35.5. The second kappa shape index (κ2) is 11.6. The van der Waals surface area contributed by atoms with Gasteiger partial charge in [0, 0.05) is 52.2 Å². The SMILES string of the molecule is CC(=O)N1C[C@@H]2CN(CCO2)C(=O)[C@@H]2C[C@@H](CN2Cc2ccc(Cl)c(F)c2)NC(=O)C[C@@H]2O[C@H](C1)[C@@H](O)[C@H]2O. The summed E-state index contributed by atoms with van der Waals surface area (Å²) in [5, 5.41) is 24.1. The lowest BCUT2D eigenvalue weighted by atomic mass is 10.0. The van der Waals surface area contributed by atoms with E-state index in [0.717, 1.165) is 0 Å². The standard InChI is InChI=1S/C26H34ClFN4O7/c1-14(33)31-12-17-11-30(4-5-38-17)26(37)20-7-16(10-32(20)9-15-2-3-18(27)19(28)6-15)29-23(34)8-21-24(35)25(36)22(13-31)39-21/h2-3,6,16-17,20-22,24-25,35-36H,4-5,7-13H2,1H3,(H,29,34)/t16-,17-,20-,21-,22+,24-,25+/m0/s1. The Labute approximate surface area is 230 Å². The van der Waals surface area contributed by atoms with Gasteiger partial charge >= 0.3 is 0 Å². The Bertz CT molecular complexity index is 1110. The maximum absolute atomic E-state index is 14.1. The van der Waals surface area contributed by atoms with E-state index in [1.807, 2.05) is 4.90 Å². The molecule has 0 saturated carbocycles. The number of carbonyl (C=O) groups excluding carboxylic acids is 3. The van der Waals surface area contributed by atoms with Gasteiger partial charge in [-0.25, -0.2) is 4.39 Å². The fraction of sp³-hybridized carbons (Fsp3) is 0.654. The minimum atomic E-state index is -1.29. The van der Waals surface area contributed by atoms with Gasteiger partial charge in [-0.05, 0) is 24.1 Å². The lowest BCUT2D eigenvalue weighted by Gasteiger charge is -2.38. The summed E-state index contributed by atoms with van der Waals surface area (Å²) < 4.78 is 25.9. The number of ether oxygens (including phenoxy) is 2. The summed E-state index contributed by atoms with van der Waals surface area (Å²) in [7, 11) is 0. The number of rotatable bonds is 2. The van der Waals surface area contributed by atoms with Gasteiger partial charge in [0.1, 0.15) is 24.1 Å². The summed E-state index contributed by atoms with van der Waals surface area (Å²) in [6, 6.07) is 3.59. The van der Waals surface area contributed by atoms with Crippen LogP contribution in [0.5, 0.6) is 0 Å². The zero-order valence-corrected chi connectivity index (χ0v) is 22.4. The van der Waals surface area contributed by atoms with Gasteiger partial charge in [-0.15, -0.1) is 0 Å². The number of aliphatic hydroxyl groups excluding tert-OH is 2. The molecule has 0 unspecified atom stereocenters. The van der Waals surface area contributed by atoms with E-state index in [1.54, 1.807) is 11.0 Å². The van der Waals surface area contributed by atoms with Crippen LogP contribution in [0.4, 0.5) is 4.39 Å². The lowest BCUT2D eigenvalue weighted by molar-refractivity contribution is -0.146. The van der Waals surface area contributed by atoms with Crippen molar-refractivity contribution in [3.8, 4) is 0 Å². The van der Waals surface area contributed by atoms with Crippen molar-refractivity contribution in [2.24, 2.45) is 0 Å². The number of hydrogen-bond donors (Lipinski definition) is 3. The van der Waals surface area contributed by atoms with E-state index in [-0.39, 0.29) is 61.4 Å². The lowest BCUT2D eigenvalue weighted by Crippen LogP contribution is -2.55. The first-order valence-electron chi connectivity index (χ1n) is 13.2. The minimum absolute atomic E-state index is 0.0101. The molecular weight excluding hydrogens is 535 g/mol. The average Bonchev–Trinajstić information content (AvgIpc) is 3.40. The number of hydrogen-bond acceptors (Lipinski definition) is 8. The van der Waals surface area contributed by atoms with Gasteiger partial charge in [-0.2, -0.15) is 0 Å². The van der Waals surface area contributed by atoms with Crippen molar-refractivity contribution in [3.63, 3.8) is 0 Å². The van der Waals surface area contributed by atoms with E-state index in [1.165, 1.54) is 24.0 Å². The first kappa shape index (κ1) is 28.2. The summed E-state index contributed by atoms with van der Waals surface area (Å²) >= 11 is 5.84. The molecule has 214 valence electrons. The summed E-state index contributed by atoms with van der Waals surface area (Å²) in [5.74, 6) is -1.32. The van der Waals surface area contributed by atoms with Crippen LogP contribution in [0, 0.1) is 5.82 Å². The molecule has 1 aromatic carbocycles. The maximum Gasteiger partial charge on any atom is 0.240 e. The van der Waals surface area contributed by atoms with Crippen LogP contribution in [-0.2, 0) is 30.4 Å². The highest BCUT2D eigenvalue weighted by molar-refractivity contribution is 6.30. The van der Waals surface area contributed by atoms with Crippen molar-refractivity contribution in [1.29, 1.82) is 0 Å². The van der Waals surface area contributed by atoms with Crippen LogP contribution in [0.3, 0.4) is 0 Å². The molecule has 4 heterocycles. The molecule has 3 N–H and O–H groups in total. The molecule has 39 heavy (non-hydrogen) atoms. The number of benzene rings is 1. The predicted molar refractivity (Wildman–Crippen MR) is 136 cm³/mol. The highest BCUT2D eigenvalue weighted by Crippen LogP contribution is 2.28. The summed E-state index contributed by atoms with van der Waals surface area (Å²) in [4.78, 5) is 44.2. The number of nitrogens with one attached hydrogen (secondary N) is 1. The molecule has 1 aromatic rings. The highest BCUT2D eigenvalue weighted by Gasteiger charge is 2.46. The second-order valence-electron chi connectivity index (χ2n) is 10.8. The predicted octanol–water partition coefficient (Wildman–Crippen LogP) is -0.493. The molecule has 4 aliphatic heterocycles. The molecular formula is C26H34ClFN4O7. The molecule has 4 fully saturated rings. The molecule has 7 atom stereocenters. The Kier molecular flexibility index (Phi) is 8.41. The topological polar surface area (TPSA) is 132 Å². The molecule has 11 nitrogen and oxygen atoms in total. The van der Waals surface area contributed by atoms with E-state index in [2.05, 4.69) is 5.32 Å². The van der Waals surface area contributed by atoms with Crippen LogP contribution >= 0.6 is 11.6 Å². The molecule has 4 saturated heterocycles. The van der Waals surface area contributed by atoms with E-state index < -0.39 is 42.4 Å². The van der Waals surface area contributed by atoms with Crippen molar-refractivity contribution in [1.82, 2.24) is 20.0 Å². The molecule has 0 aliphatic carbocycles. The Hall–Kier alpha value is -2.35. The number of fused-ring (bicyclic) bond motifs is 6. The first-order chi connectivity index (χ1) is 18.6. The number of aliphatic hydroxyl groups is 2. The van der Waals surface area contributed by atoms with E-state index >= 15 is 0 Å². The fourth-order valence-corrected chi connectivity index (χ4v) is 6.08. The van der Waals surface area contributed by atoms with Gasteiger partial charge in [-0.3, -0.25) is 19.3 Å². The number of morpholine rings is 1. The number of amides is 3. The van der Waals surface area contributed by atoms with Crippen molar-refractivity contribution in [3.05, 3.63) is 34.6 Å². The molecule has 6 bridgehead atoms. The molecule has 3 amide bonds. The van der Waals surface area contributed by atoms with Gasteiger partial charge in [0.05, 0.1) is 36.3 Å². The Morgan fingerprint density at radius 2 is 1.92 bits per heavy atom. The third-order valence-electron chi connectivity index (χ3n) is 7.99. The summed E-state index contributed by atoms with van der Waals surface area (Å²) in [6.07, 6.45) is -4.67. The van der Waals surface area contributed by atoms with Crippen LogP contribution in [0.2, 0.25) is 5.02 Å². The molecule has 4 aliphatic rings. The smallest absolute Gasteiger partial charge is 0.240 e. The van der Waals surface area contributed by atoms with Gasteiger partial charge in [0.25, 0.3) is 0 Å². The van der Waals surface area contributed by atoms with E-state index in [4.69, 9.17) is 21.1 Å². The maximum atomic E-state index is 14.1. The molecule has 5 rings (SSSR count). The Balaban J connectivity index is 1.41. The number of halogens is 2. The Morgan fingerprint density at radius 3 is 2.67 bits per heavy atom. The Morgan fingerprint density at radius 1 is 1.15 bits per heavy atom. The quantitative estimate of drug-likeness (QED) is 0.435. The van der Waals surface area contributed by atoms with E-state index in [9.17, 15) is 29.0 Å². The van der Waals surface area contributed by atoms with Gasteiger partial charge in [-0.1, -0.05) is 17.7 Å². The average molecular weight is 569 g/mol. The van der Waals surface area contributed by atoms with Gasteiger partial charge in [0.2, 0.25) is 17.7 Å². The zero-order chi connectivity index (χ0) is 27.8. The monoisotopic (exact) mass is 568 g/mol. The zero-order valence-electron chi connectivity index (χ0n) is 21.7. The number of nitrogens with zero attached hydrogens (tertiary/aromatic N) is 3. The molecule has 0 spiro atoms. The van der Waals surface area contributed by atoms with Crippen molar-refractivity contribution in [2.45, 2.75) is 68.9 Å². The van der Waals surface area contributed by atoms with Crippen LogP contribution in [0.25, 0.3) is 0 Å². The van der Waals surface area contributed by atoms with Crippen LogP contribution in [0.15, 0.2) is 18.2 Å². The third-order valence-corrected chi connectivity index (χ3v) is 8.30. The van der Waals surface area contributed by atoms with Crippen LogP contribution in [-0.4, -0.2) is 125 Å². The summed E-state index contributed by atoms with van der Waals surface area (Å²) in [5.41, 5.74) is 0.645. The van der Waals surface area contributed by atoms with E-state index in [0.29, 0.717) is 31.7 Å².